The molecular weight excluding hydrogens is 242 g/mol. The Morgan fingerprint density at radius 1 is 0.947 bits per heavy atom. The lowest BCUT2D eigenvalue weighted by atomic mass is 9.78. The molecule has 2 amide bonds. The van der Waals surface area contributed by atoms with E-state index in [9.17, 15) is 14.4 Å². The number of amides is 2. The number of piperidine rings is 1. The van der Waals surface area contributed by atoms with Gasteiger partial charge in [-0.05, 0) is 23.5 Å². The third-order valence-electron chi connectivity index (χ3n) is 4.00. The second-order valence-electron chi connectivity index (χ2n) is 5.31. The monoisotopic (exact) mass is 257 g/mol. The normalized spacial score (nSPS) is 24.0. The number of carbonyl (C=O) groups excluding carboxylic acids is 3. The van der Waals surface area contributed by atoms with Crippen LogP contribution in [0, 0.1) is 0 Å². The molecule has 4 heteroatoms. The smallest absolute Gasteiger partial charge is 0.234 e. The maximum Gasteiger partial charge on any atom is 0.234 e. The number of rotatable bonds is 2. The molecular formula is C15H15NO3. The summed E-state index contributed by atoms with van der Waals surface area (Å²) >= 11 is 0. The van der Waals surface area contributed by atoms with Crippen LogP contribution in [0.4, 0.5) is 0 Å². The lowest BCUT2D eigenvalue weighted by Crippen LogP contribution is -2.39. The van der Waals surface area contributed by atoms with Crippen molar-refractivity contribution in [2.45, 2.75) is 37.5 Å². The van der Waals surface area contributed by atoms with E-state index in [1.165, 1.54) is 0 Å². The minimum absolute atomic E-state index is 0.189. The molecule has 4 nitrogen and oxygen atoms in total. The Bertz CT molecular complexity index is 539. The topological polar surface area (TPSA) is 63.2 Å². The zero-order valence-electron chi connectivity index (χ0n) is 10.5. The van der Waals surface area contributed by atoms with Gasteiger partial charge in [0.2, 0.25) is 11.8 Å². The van der Waals surface area contributed by atoms with Crippen LogP contribution in [-0.4, -0.2) is 17.6 Å². The first kappa shape index (κ1) is 12.1. The molecule has 19 heavy (non-hydrogen) atoms. The molecule has 1 heterocycles. The van der Waals surface area contributed by atoms with Gasteiger partial charge in [-0.15, -0.1) is 0 Å². The standard InChI is InChI=1S/C15H15NO3/c17-12-7-11(8-12)9-1-3-10(4-2-9)13-5-6-14(18)16-15(13)19/h1-4,11,13H,5-8H2,(H,16,18,19). The van der Waals surface area contributed by atoms with Gasteiger partial charge in [-0.2, -0.15) is 0 Å². The summed E-state index contributed by atoms with van der Waals surface area (Å²) in [6.07, 6.45) is 2.25. The fourth-order valence-corrected chi connectivity index (χ4v) is 2.74. The number of nitrogens with one attached hydrogen (secondary N) is 1. The zero-order chi connectivity index (χ0) is 13.4. The van der Waals surface area contributed by atoms with Gasteiger partial charge in [0.25, 0.3) is 0 Å². The van der Waals surface area contributed by atoms with E-state index in [-0.39, 0.29) is 17.7 Å². The van der Waals surface area contributed by atoms with Crippen LogP contribution in [-0.2, 0) is 14.4 Å². The summed E-state index contributed by atoms with van der Waals surface area (Å²) in [5, 5.41) is 2.37. The van der Waals surface area contributed by atoms with Crippen LogP contribution in [0.5, 0.6) is 0 Å². The molecule has 1 N–H and O–H groups in total. The Morgan fingerprint density at radius 3 is 2.16 bits per heavy atom. The molecule has 1 saturated carbocycles. The average Bonchev–Trinajstić information content (AvgIpc) is 2.36. The number of benzene rings is 1. The van der Waals surface area contributed by atoms with Crippen LogP contribution < -0.4 is 5.32 Å². The van der Waals surface area contributed by atoms with Crippen molar-refractivity contribution in [3.63, 3.8) is 0 Å². The Balaban J connectivity index is 1.73. The third kappa shape index (κ3) is 2.30. The first-order chi connectivity index (χ1) is 9.13. The second-order valence-corrected chi connectivity index (χ2v) is 5.31. The number of hydrogen-bond donors (Lipinski definition) is 1. The van der Waals surface area contributed by atoms with Crippen LogP contribution >= 0.6 is 0 Å². The fraction of sp³-hybridized carbons (Fsp3) is 0.400. The molecule has 1 aromatic rings. The highest BCUT2D eigenvalue weighted by Gasteiger charge is 2.30. The number of hydrogen-bond acceptors (Lipinski definition) is 3. The molecule has 1 aliphatic carbocycles. The van der Waals surface area contributed by atoms with E-state index in [1.807, 2.05) is 24.3 Å². The first-order valence-electron chi connectivity index (χ1n) is 6.59. The van der Waals surface area contributed by atoms with Gasteiger partial charge in [-0.3, -0.25) is 19.7 Å². The average molecular weight is 257 g/mol. The summed E-state index contributed by atoms with van der Waals surface area (Å²) in [5.41, 5.74) is 2.11. The third-order valence-corrected chi connectivity index (χ3v) is 4.00. The summed E-state index contributed by atoms with van der Waals surface area (Å²) in [4.78, 5) is 33.9. The molecule has 0 spiro atoms. The molecule has 1 saturated heterocycles. The van der Waals surface area contributed by atoms with E-state index in [2.05, 4.69) is 5.32 Å². The number of carbonyl (C=O) groups is 3. The van der Waals surface area contributed by atoms with Gasteiger partial charge >= 0.3 is 0 Å². The lowest BCUT2D eigenvalue weighted by molar-refractivity contribution is -0.134. The molecule has 0 bridgehead atoms. The summed E-state index contributed by atoms with van der Waals surface area (Å²) < 4.78 is 0. The Kier molecular flexibility index (Phi) is 2.93. The summed E-state index contributed by atoms with van der Waals surface area (Å²) in [6, 6.07) is 7.88. The number of Topliss-reactive ketones (excluding diaryl/α,β-unsaturated/α-hetero) is 1. The van der Waals surface area contributed by atoms with Gasteiger partial charge in [0.1, 0.15) is 5.78 Å². The molecule has 3 rings (SSSR count). The van der Waals surface area contributed by atoms with E-state index < -0.39 is 0 Å². The largest absolute Gasteiger partial charge is 0.300 e. The molecule has 1 unspecified atom stereocenters. The van der Waals surface area contributed by atoms with Gasteiger partial charge in [-0.25, -0.2) is 0 Å². The van der Waals surface area contributed by atoms with E-state index in [1.54, 1.807) is 0 Å². The van der Waals surface area contributed by atoms with Gasteiger partial charge in [-0.1, -0.05) is 24.3 Å². The van der Waals surface area contributed by atoms with Crippen molar-refractivity contribution in [2.24, 2.45) is 0 Å². The molecule has 2 fully saturated rings. The summed E-state index contributed by atoms with van der Waals surface area (Å²) in [7, 11) is 0. The summed E-state index contributed by atoms with van der Waals surface area (Å²) in [6.45, 7) is 0. The van der Waals surface area contributed by atoms with Crippen molar-refractivity contribution in [1.29, 1.82) is 0 Å². The summed E-state index contributed by atoms with van der Waals surface area (Å²) in [5.74, 6) is 0.0472. The zero-order valence-corrected chi connectivity index (χ0v) is 10.5. The minimum atomic E-state index is -0.227. The highest BCUT2D eigenvalue weighted by molar-refractivity contribution is 6.00. The van der Waals surface area contributed by atoms with Crippen LogP contribution in [0.1, 0.15) is 48.6 Å². The van der Waals surface area contributed by atoms with Crippen molar-refractivity contribution in [3.8, 4) is 0 Å². The van der Waals surface area contributed by atoms with Crippen molar-refractivity contribution >= 4 is 17.6 Å². The van der Waals surface area contributed by atoms with Crippen LogP contribution in [0.2, 0.25) is 0 Å². The van der Waals surface area contributed by atoms with Crippen molar-refractivity contribution in [2.75, 3.05) is 0 Å². The fourth-order valence-electron chi connectivity index (χ4n) is 2.74. The molecule has 1 aromatic carbocycles. The van der Waals surface area contributed by atoms with Crippen LogP contribution in [0.25, 0.3) is 0 Å². The van der Waals surface area contributed by atoms with Crippen molar-refractivity contribution < 1.29 is 14.4 Å². The van der Waals surface area contributed by atoms with Crippen LogP contribution in [0.3, 0.4) is 0 Å². The lowest BCUT2D eigenvalue weighted by Gasteiger charge is -2.25. The Morgan fingerprint density at radius 2 is 1.58 bits per heavy atom. The van der Waals surface area contributed by atoms with Crippen molar-refractivity contribution in [1.82, 2.24) is 5.32 Å². The maximum atomic E-state index is 11.8. The van der Waals surface area contributed by atoms with E-state index >= 15 is 0 Å². The predicted molar refractivity (Wildman–Crippen MR) is 68.5 cm³/mol. The van der Waals surface area contributed by atoms with Gasteiger partial charge in [0.05, 0.1) is 5.92 Å². The molecule has 2 aliphatic rings. The quantitative estimate of drug-likeness (QED) is 0.819. The number of ketones is 1. The highest BCUT2D eigenvalue weighted by Crippen LogP contribution is 2.34. The van der Waals surface area contributed by atoms with E-state index in [4.69, 9.17) is 0 Å². The van der Waals surface area contributed by atoms with Crippen LogP contribution in [0.15, 0.2) is 24.3 Å². The van der Waals surface area contributed by atoms with E-state index in [0.717, 1.165) is 11.1 Å². The molecule has 0 aromatic heterocycles. The predicted octanol–water partition coefficient (Wildman–Crippen LogP) is 1.65. The van der Waals surface area contributed by atoms with Gasteiger partial charge in [0.15, 0.2) is 0 Å². The van der Waals surface area contributed by atoms with E-state index in [0.29, 0.717) is 37.4 Å². The maximum absolute atomic E-state index is 11.8. The molecule has 98 valence electrons. The Hall–Kier alpha value is -1.97. The van der Waals surface area contributed by atoms with Crippen molar-refractivity contribution in [3.05, 3.63) is 35.4 Å². The van der Waals surface area contributed by atoms with Gasteiger partial charge in [0, 0.05) is 19.3 Å². The molecule has 1 atom stereocenters. The van der Waals surface area contributed by atoms with Gasteiger partial charge < -0.3 is 0 Å². The molecule has 1 aliphatic heterocycles. The second kappa shape index (κ2) is 4.61. The number of imide groups is 1. The minimum Gasteiger partial charge on any atom is -0.300 e. The SMILES string of the molecule is O=C1CC(c2ccc(C3CCC(=O)NC3=O)cc2)C1. The highest BCUT2D eigenvalue weighted by atomic mass is 16.2. The first-order valence-corrected chi connectivity index (χ1v) is 6.59. The Labute approximate surface area is 111 Å². The molecule has 0 radical (unpaired) electrons.